The maximum Gasteiger partial charge on any atom is 0.244 e. The van der Waals surface area contributed by atoms with E-state index in [0.29, 0.717) is 18.5 Å². The monoisotopic (exact) mass is 258 g/mol. The molecule has 1 aliphatic carbocycles. The second-order valence-corrected chi connectivity index (χ2v) is 4.33. The Hall–Kier alpha value is -1.13. The minimum absolute atomic E-state index is 0. The molecule has 1 fully saturated rings. The number of amides is 1. The van der Waals surface area contributed by atoms with Crippen molar-refractivity contribution in [1.29, 1.82) is 0 Å². The lowest BCUT2D eigenvalue weighted by Crippen LogP contribution is -2.48. The van der Waals surface area contributed by atoms with Crippen LogP contribution in [0.4, 0.5) is 10.1 Å². The molecule has 2 rings (SSSR count). The Morgan fingerprint density at radius 3 is 2.59 bits per heavy atom. The van der Waals surface area contributed by atoms with Gasteiger partial charge >= 0.3 is 0 Å². The average molecular weight is 259 g/mol. The number of carbonyl (C=O) groups is 1. The first-order valence-electron chi connectivity index (χ1n) is 5.46. The van der Waals surface area contributed by atoms with Gasteiger partial charge in [0.05, 0.1) is 5.54 Å². The zero-order valence-corrected chi connectivity index (χ0v) is 10.2. The summed E-state index contributed by atoms with van der Waals surface area (Å²) in [4.78, 5) is 11.9. The largest absolute Gasteiger partial charge is 0.324 e. The Labute approximate surface area is 106 Å². The van der Waals surface area contributed by atoms with Crippen LogP contribution in [0.25, 0.3) is 0 Å². The van der Waals surface area contributed by atoms with E-state index in [0.717, 1.165) is 12.8 Å². The van der Waals surface area contributed by atoms with E-state index in [4.69, 9.17) is 5.73 Å². The summed E-state index contributed by atoms with van der Waals surface area (Å²) < 4.78 is 12.9. The van der Waals surface area contributed by atoms with E-state index in [9.17, 15) is 9.18 Å². The lowest BCUT2D eigenvalue weighted by Gasteiger charge is -2.22. The highest BCUT2D eigenvalue weighted by atomic mass is 35.5. The molecule has 94 valence electrons. The number of nitrogens with two attached hydrogens (primary N) is 1. The molecule has 0 unspecified atom stereocenters. The summed E-state index contributed by atoms with van der Waals surface area (Å²) in [6.07, 6.45) is 3.36. The lowest BCUT2D eigenvalue weighted by atomic mass is 9.98. The molecular weight excluding hydrogens is 243 g/mol. The van der Waals surface area contributed by atoms with Crippen LogP contribution in [0, 0.1) is 5.82 Å². The summed E-state index contributed by atoms with van der Waals surface area (Å²) in [5.74, 6) is -0.578. The molecule has 17 heavy (non-hydrogen) atoms. The van der Waals surface area contributed by atoms with Crippen molar-refractivity contribution in [2.45, 2.75) is 31.2 Å². The number of carbonyl (C=O) groups excluding carboxylic acids is 1. The van der Waals surface area contributed by atoms with Crippen LogP contribution in [-0.4, -0.2) is 11.4 Å². The zero-order chi connectivity index (χ0) is 11.6. The summed E-state index contributed by atoms with van der Waals surface area (Å²) >= 11 is 0. The highest BCUT2D eigenvalue weighted by molar-refractivity contribution is 5.98. The van der Waals surface area contributed by atoms with Crippen molar-refractivity contribution >= 4 is 24.0 Å². The van der Waals surface area contributed by atoms with Crippen molar-refractivity contribution in [3.05, 3.63) is 30.1 Å². The van der Waals surface area contributed by atoms with Crippen molar-refractivity contribution < 1.29 is 9.18 Å². The molecule has 1 aliphatic rings. The zero-order valence-electron chi connectivity index (χ0n) is 9.41. The quantitative estimate of drug-likeness (QED) is 0.856. The molecule has 1 saturated carbocycles. The van der Waals surface area contributed by atoms with Gasteiger partial charge in [-0.25, -0.2) is 4.39 Å². The third kappa shape index (κ3) is 3.17. The Morgan fingerprint density at radius 1 is 1.35 bits per heavy atom. The predicted molar refractivity (Wildman–Crippen MR) is 67.7 cm³/mol. The fourth-order valence-electron chi connectivity index (χ4n) is 2.05. The van der Waals surface area contributed by atoms with E-state index in [2.05, 4.69) is 5.32 Å². The van der Waals surface area contributed by atoms with Gasteiger partial charge in [-0.2, -0.15) is 0 Å². The molecule has 0 bridgehead atoms. The maximum atomic E-state index is 12.9. The fourth-order valence-corrected chi connectivity index (χ4v) is 2.05. The number of benzene rings is 1. The molecule has 5 heteroatoms. The molecule has 0 spiro atoms. The van der Waals surface area contributed by atoms with Gasteiger partial charge in [0, 0.05) is 5.69 Å². The van der Waals surface area contributed by atoms with Gasteiger partial charge in [0.2, 0.25) is 5.91 Å². The molecule has 0 radical (unpaired) electrons. The third-order valence-corrected chi connectivity index (χ3v) is 3.03. The average Bonchev–Trinajstić information content (AvgIpc) is 2.66. The van der Waals surface area contributed by atoms with Gasteiger partial charge in [0.15, 0.2) is 0 Å². The molecule has 0 saturated heterocycles. The number of hydrogen-bond donors (Lipinski definition) is 2. The standard InChI is InChI=1S/C12H15FN2O.ClH/c13-9-4-3-5-10(8-9)15-11(16)12(14)6-1-2-7-12;/h3-5,8H,1-2,6-7,14H2,(H,15,16);1H. The first-order valence-corrected chi connectivity index (χ1v) is 5.46. The molecule has 0 atom stereocenters. The van der Waals surface area contributed by atoms with Gasteiger partial charge in [-0.3, -0.25) is 4.79 Å². The first-order chi connectivity index (χ1) is 7.60. The van der Waals surface area contributed by atoms with E-state index in [-0.39, 0.29) is 24.1 Å². The molecular formula is C12H16ClFN2O. The van der Waals surface area contributed by atoms with Crippen LogP contribution >= 0.6 is 12.4 Å². The van der Waals surface area contributed by atoms with Gasteiger partial charge < -0.3 is 11.1 Å². The van der Waals surface area contributed by atoms with E-state index < -0.39 is 5.54 Å². The Bertz CT molecular complexity index is 405. The number of halogens is 2. The van der Waals surface area contributed by atoms with Crippen LogP contribution in [0.15, 0.2) is 24.3 Å². The minimum Gasteiger partial charge on any atom is -0.324 e. The third-order valence-electron chi connectivity index (χ3n) is 3.03. The minimum atomic E-state index is -0.772. The van der Waals surface area contributed by atoms with E-state index in [1.807, 2.05) is 0 Å². The summed E-state index contributed by atoms with van der Waals surface area (Å²) in [7, 11) is 0. The van der Waals surface area contributed by atoms with Crippen molar-refractivity contribution in [2.24, 2.45) is 5.73 Å². The Kier molecular flexibility index (Phi) is 4.48. The Morgan fingerprint density at radius 2 is 2.00 bits per heavy atom. The van der Waals surface area contributed by atoms with Crippen LogP contribution in [-0.2, 0) is 4.79 Å². The molecule has 0 aliphatic heterocycles. The van der Waals surface area contributed by atoms with Gasteiger partial charge in [0.1, 0.15) is 5.82 Å². The molecule has 3 nitrogen and oxygen atoms in total. The summed E-state index contributed by atoms with van der Waals surface area (Å²) in [6, 6.07) is 5.84. The topological polar surface area (TPSA) is 55.1 Å². The summed E-state index contributed by atoms with van der Waals surface area (Å²) in [5.41, 5.74) is 5.67. The number of anilines is 1. The maximum absolute atomic E-state index is 12.9. The van der Waals surface area contributed by atoms with Crippen LogP contribution in [0.1, 0.15) is 25.7 Å². The molecule has 1 aromatic rings. The van der Waals surface area contributed by atoms with Crippen molar-refractivity contribution in [3.8, 4) is 0 Å². The lowest BCUT2D eigenvalue weighted by molar-refractivity contribution is -0.121. The van der Waals surface area contributed by atoms with Crippen LogP contribution in [0.5, 0.6) is 0 Å². The van der Waals surface area contributed by atoms with Crippen molar-refractivity contribution in [2.75, 3.05) is 5.32 Å². The van der Waals surface area contributed by atoms with Gasteiger partial charge in [-0.15, -0.1) is 12.4 Å². The number of hydrogen-bond acceptors (Lipinski definition) is 2. The molecule has 1 amide bonds. The number of rotatable bonds is 2. The van der Waals surface area contributed by atoms with Crippen LogP contribution in [0.3, 0.4) is 0 Å². The Balaban J connectivity index is 0.00000144. The summed E-state index contributed by atoms with van der Waals surface area (Å²) in [5, 5.41) is 2.66. The van der Waals surface area contributed by atoms with Crippen molar-refractivity contribution in [3.63, 3.8) is 0 Å². The van der Waals surface area contributed by atoms with Gasteiger partial charge in [0.25, 0.3) is 0 Å². The van der Waals surface area contributed by atoms with Gasteiger partial charge in [-0.1, -0.05) is 18.9 Å². The van der Waals surface area contributed by atoms with Crippen LogP contribution in [0.2, 0.25) is 0 Å². The van der Waals surface area contributed by atoms with E-state index in [1.165, 1.54) is 12.1 Å². The predicted octanol–water partition coefficient (Wildman–Crippen LogP) is 2.46. The van der Waals surface area contributed by atoms with Gasteiger partial charge in [-0.05, 0) is 31.0 Å². The van der Waals surface area contributed by atoms with E-state index in [1.54, 1.807) is 12.1 Å². The second-order valence-electron chi connectivity index (χ2n) is 4.33. The smallest absolute Gasteiger partial charge is 0.244 e. The highest BCUT2D eigenvalue weighted by Gasteiger charge is 2.36. The van der Waals surface area contributed by atoms with Crippen molar-refractivity contribution in [1.82, 2.24) is 0 Å². The highest BCUT2D eigenvalue weighted by Crippen LogP contribution is 2.28. The van der Waals surface area contributed by atoms with E-state index >= 15 is 0 Å². The number of nitrogens with one attached hydrogen (secondary N) is 1. The van der Waals surface area contributed by atoms with Crippen LogP contribution < -0.4 is 11.1 Å². The first kappa shape index (κ1) is 13.9. The second kappa shape index (κ2) is 5.47. The molecule has 1 aromatic carbocycles. The molecule has 3 N–H and O–H groups in total. The summed E-state index contributed by atoms with van der Waals surface area (Å²) in [6.45, 7) is 0. The fraction of sp³-hybridized carbons (Fsp3) is 0.417. The molecule has 0 aromatic heterocycles. The normalized spacial score (nSPS) is 17.3. The molecule has 0 heterocycles. The SMILES string of the molecule is Cl.NC1(C(=O)Nc2cccc(F)c2)CCCC1.